The van der Waals surface area contributed by atoms with Crippen LogP contribution >= 0.6 is 0 Å². The summed E-state index contributed by atoms with van der Waals surface area (Å²) in [6.07, 6.45) is 3.02. The number of ether oxygens (including phenoxy) is 1. The van der Waals surface area contributed by atoms with E-state index in [9.17, 15) is 5.11 Å². The molecule has 1 saturated carbocycles. The van der Waals surface area contributed by atoms with Crippen LogP contribution in [0.2, 0.25) is 0 Å². The second-order valence-corrected chi connectivity index (χ2v) is 4.03. The molecular formula is C9H17NO2. The van der Waals surface area contributed by atoms with Gasteiger partial charge in [0, 0.05) is 19.6 Å². The van der Waals surface area contributed by atoms with Gasteiger partial charge < -0.3 is 9.84 Å². The molecule has 0 spiro atoms. The lowest BCUT2D eigenvalue weighted by molar-refractivity contribution is -0.174. The van der Waals surface area contributed by atoms with Gasteiger partial charge in [0.05, 0.1) is 0 Å². The van der Waals surface area contributed by atoms with Crippen molar-refractivity contribution >= 4 is 0 Å². The summed E-state index contributed by atoms with van der Waals surface area (Å²) in [5.41, 5.74) is -0.358. The third-order valence-corrected chi connectivity index (χ3v) is 3.53. The zero-order valence-corrected chi connectivity index (χ0v) is 7.79. The molecule has 3 atom stereocenters. The summed E-state index contributed by atoms with van der Waals surface area (Å²) in [5, 5.41) is 9.96. The Morgan fingerprint density at radius 2 is 2.33 bits per heavy atom. The fraction of sp³-hybridized carbons (Fsp3) is 1.00. The fourth-order valence-corrected chi connectivity index (χ4v) is 2.78. The normalized spacial score (nSPS) is 48.2. The zero-order chi connectivity index (χ0) is 8.77. The number of aliphatic hydroxyl groups excluding tert-OH is 1. The Morgan fingerprint density at radius 1 is 1.58 bits per heavy atom. The van der Waals surface area contributed by atoms with E-state index in [-0.39, 0.29) is 11.8 Å². The van der Waals surface area contributed by atoms with Crippen LogP contribution in [0.3, 0.4) is 0 Å². The molecule has 70 valence electrons. The van der Waals surface area contributed by atoms with Crippen LogP contribution in [0.5, 0.6) is 0 Å². The summed E-state index contributed by atoms with van der Waals surface area (Å²) in [7, 11) is 3.74. The topological polar surface area (TPSA) is 32.7 Å². The Bertz CT molecular complexity index is 185. The largest absolute Gasteiger partial charge is 0.388 e. The van der Waals surface area contributed by atoms with Gasteiger partial charge in [-0.05, 0) is 26.3 Å². The number of hydrogen-bond donors (Lipinski definition) is 1. The lowest BCUT2D eigenvalue weighted by Gasteiger charge is -2.39. The van der Waals surface area contributed by atoms with E-state index >= 15 is 0 Å². The van der Waals surface area contributed by atoms with Gasteiger partial charge in [-0.15, -0.1) is 0 Å². The molecule has 2 aliphatic rings. The maximum Gasteiger partial charge on any atom is 0.147 e. The molecule has 2 fully saturated rings. The van der Waals surface area contributed by atoms with E-state index < -0.39 is 0 Å². The average Bonchev–Trinajstić information content (AvgIpc) is 2.23. The average molecular weight is 171 g/mol. The molecule has 0 aromatic heterocycles. The van der Waals surface area contributed by atoms with Crippen LogP contribution in [0.15, 0.2) is 0 Å². The van der Waals surface area contributed by atoms with Gasteiger partial charge in [-0.1, -0.05) is 0 Å². The molecule has 0 unspecified atom stereocenters. The molecule has 1 heterocycles. The molecule has 1 saturated heterocycles. The van der Waals surface area contributed by atoms with E-state index in [4.69, 9.17) is 4.74 Å². The summed E-state index contributed by atoms with van der Waals surface area (Å²) in [6.45, 7) is 0.981. The number of hydrogen-bond acceptors (Lipinski definition) is 3. The van der Waals surface area contributed by atoms with Crippen molar-refractivity contribution in [3.8, 4) is 0 Å². The number of nitrogens with zero attached hydrogens (tertiary/aromatic N) is 1. The highest BCUT2D eigenvalue weighted by atomic mass is 16.5. The Morgan fingerprint density at radius 3 is 2.92 bits per heavy atom. The molecule has 1 N–H and O–H groups in total. The number of aliphatic hydroxyl groups is 1. The first-order valence-electron chi connectivity index (χ1n) is 4.65. The Labute approximate surface area is 73.3 Å². The van der Waals surface area contributed by atoms with Crippen LogP contribution in [0.25, 0.3) is 0 Å². The molecular weight excluding hydrogens is 154 g/mol. The first-order valence-corrected chi connectivity index (χ1v) is 4.65. The molecule has 0 radical (unpaired) electrons. The highest BCUT2D eigenvalue weighted by Gasteiger charge is 2.54. The van der Waals surface area contributed by atoms with E-state index in [2.05, 4.69) is 4.90 Å². The van der Waals surface area contributed by atoms with Gasteiger partial charge in [-0.25, -0.2) is 0 Å². The third kappa shape index (κ3) is 0.873. The van der Waals surface area contributed by atoms with Crippen molar-refractivity contribution in [2.45, 2.75) is 31.1 Å². The third-order valence-electron chi connectivity index (χ3n) is 3.53. The maximum absolute atomic E-state index is 9.96. The van der Waals surface area contributed by atoms with E-state index in [0.717, 1.165) is 19.4 Å². The number of fused-ring (bicyclic) bond motifs is 2. The molecule has 12 heavy (non-hydrogen) atoms. The molecule has 0 aromatic rings. The predicted octanol–water partition coefficient (Wildman–Crippen LogP) is 0.435. The van der Waals surface area contributed by atoms with Gasteiger partial charge in [0.2, 0.25) is 0 Å². The van der Waals surface area contributed by atoms with Crippen LogP contribution in [0.4, 0.5) is 0 Å². The Hall–Kier alpha value is -0.120. The highest BCUT2D eigenvalue weighted by Crippen LogP contribution is 2.43. The summed E-state index contributed by atoms with van der Waals surface area (Å²) in [5.74, 6) is 0.434. The Kier molecular flexibility index (Phi) is 1.90. The number of methoxy groups -OCH3 is 1. The van der Waals surface area contributed by atoms with Crippen molar-refractivity contribution < 1.29 is 9.84 Å². The number of likely N-dealkylation sites (N-methyl/N-ethyl adjacent to an activating group) is 1. The molecule has 2 bridgehead atoms. The molecule has 2 rings (SSSR count). The van der Waals surface area contributed by atoms with Crippen molar-refractivity contribution in [3.05, 3.63) is 0 Å². The van der Waals surface area contributed by atoms with Gasteiger partial charge in [0.1, 0.15) is 11.8 Å². The summed E-state index contributed by atoms with van der Waals surface area (Å²) in [6, 6.07) is 0. The number of likely N-dealkylation sites (tertiary alicyclic amines) is 1. The molecule has 1 aliphatic carbocycles. The minimum Gasteiger partial charge on any atom is -0.388 e. The van der Waals surface area contributed by atoms with Crippen molar-refractivity contribution in [1.82, 2.24) is 4.90 Å². The van der Waals surface area contributed by atoms with E-state index in [0.29, 0.717) is 5.92 Å². The van der Waals surface area contributed by atoms with E-state index in [1.807, 2.05) is 7.05 Å². The summed E-state index contributed by atoms with van der Waals surface area (Å²) < 4.78 is 5.47. The second kappa shape index (κ2) is 2.69. The van der Waals surface area contributed by atoms with Gasteiger partial charge in [0.15, 0.2) is 0 Å². The van der Waals surface area contributed by atoms with Crippen LogP contribution < -0.4 is 0 Å². The Balaban J connectivity index is 2.27. The predicted molar refractivity (Wildman–Crippen MR) is 45.7 cm³/mol. The minimum absolute atomic E-state index is 0.277. The quantitative estimate of drug-likeness (QED) is 0.621. The fourth-order valence-electron chi connectivity index (χ4n) is 2.78. The molecule has 3 heteroatoms. The van der Waals surface area contributed by atoms with Gasteiger partial charge in [0.25, 0.3) is 0 Å². The smallest absolute Gasteiger partial charge is 0.147 e. The van der Waals surface area contributed by atoms with E-state index in [1.165, 1.54) is 6.42 Å². The van der Waals surface area contributed by atoms with Crippen molar-refractivity contribution in [1.29, 1.82) is 0 Å². The van der Waals surface area contributed by atoms with Crippen molar-refractivity contribution in [2.24, 2.45) is 5.92 Å². The highest BCUT2D eigenvalue weighted by molar-refractivity contribution is 5.01. The SMILES string of the molecule is CO[C@@]12CCC[C@@H](CN1C)[C@@H]2O. The first-order chi connectivity index (χ1) is 5.70. The summed E-state index contributed by atoms with van der Waals surface area (Å²) in [4.78, 5) is 2.16. The zero-order valence-electron chi connectivity index (χ0n) is 7.79. The lowest BCUT2D eigenvalue weighted by atomic mass is 9.85. The van der Waals surface area contributed by atoms with Gasteiger partial charge in [-0.3, -0.25) is 4.90 Å². The maximum atomic E-state index is 9.96. The van der Waals surface area contributed by atoms with E-state index in [1.54, 1.807) is 7.11 Å². The summed E-state index contributed by atoms with van der Waals surface area (Å²) >= 11 is 0. The molecule has 1 aliphatic heterocycles. The standard InChI is InChI=1S/C9H17NO2/c1-10-6-7-4-3-5-9(10,12-2)8(7)11/h7-8,11H,3-6H2,1-2H3/t7-,8-,9+/m0/s1. The van der Waals surface area contributed by atoms with Gasteiger partial charge in [-0.2, -0.15) is 0 Å². The van der Waals surface area contributed by atoms with Crippen LogP contribution in [0.1, 0.15) is 19.3 Å². The lowest BCUT2D eigenvalue weighted by Crippen LogP contribution is -2.52. The van der Waals surface area contributed by atoms with Gasteiger partial charge >= 0.3 is 0 Å². The monoisotopic (exact) mass is 171 g/mol. The van der Waals surface area contributed by atoms with Crippen molar-refractivity contribution in [2.75, 3.05) is 20.7 Å². The molecule has 3 nitrogen and oxygen atoms in total. The van der Waals surface area contributed by atoms with Crippen LogP contribution in [-0.2, 0) is 4.74 Å². The first kappa shape index (κ1) is 8.48. The minimum atomic E-state index is -0.358. The number of rotatable bonds is 1. The van der Waals surface area contributed by atoms with Crippen molar-refractivity contribution in [3.63, 3.8) is 0 Å². The second-order valence-electron chi connectivity index (χ2n) is 4.03. The van der Waals surface area contributed by atoms with Crippen LogP contribution in [0, 0.1) is 5.92 Å². The molecule has 0 aromatic carbocycles. The molecule has 0 amide bonds. The van der Waals surface area contributed by atoms with Crippen LogP contribution in [-0.4, -0.2) is 42.5 Å².